The Morgan fingerprint density at radius 2 is 1.57 bits per heavy atom. The van der Waals surface area contributed by atoms with Gasteiger partial charge in [-0.25, -0.2) is 0 Å². The van der Waals surface area contributed by atoms with Gasteiger partial charge < -0.3 is 15.7 Å². The molecule has 0 saturated heterocycles. The minimum atomic E-state index is -0.247. The monoisotopic (exact) mass is 307 g/mol. The molecule has 6 nitrogen and oxygen atoms in total. The van der Waals surface area contributed by atoms with Crippen molar-refractivity contribution in [3.05, 3.63) is 35.5 Å². The number of nitrogens with one attached hydrogen (secondary N) is 2. The lowest BCUT2D eigenvalue weighted by molar-refractivity contribution is 0.126. The van der Waals surface area contributed by atoms with Gasteiger partial charge >= 0.3 is 0 Å². The van der Waals surface area contributed by atoms with Crippen molar-refractivity contribution < 1.29 is 5.11 Å². The fourth-order valence-corrected chi connectivity index (χ4v) is 2.58. The van der Waals surface area contributed by atoms with Gasteiger partial charge in [-0.05, 0) is 37.8 Å². The number of hydrogen-bond acceptors (Lipinski definition) is 6. The van der Waals surface area contributed by atoms with Crippen LogP contribution in [-0.2, 0) is 0 Å². The molecule has 0 heterocycles. The number of benzene rings is 1. The second kappa shape index (κ2) is 7.84. The number of nitrogens with zero attached hydrogens (tertiary/aromatic N) is 3. The summed E-state index contributed by atoms with van der Waals surface area (Å²) in [4.78, 5) is 0. The Hall–Kier alpha value is -3.01. The number of aliphatic hydroxyl groups excluding tert-OH is 1. The van der Waals surface area contributed by atoms with Crippen molar-refractivity contribution in [1.82, 2.24) is 0 Å². The maximum Gasteiger partial charge on any atom is 0.163 e. The molecule has 0 unspecified atom stereocenters. The highest BCUT2D eigenvalue weighted by Gasteiger charge is 2.20. The van der Waals surface area contributed by atoms with Gasteiger partial charge in [0, 0.05) is 6.04 Å². The van der Waals surface area contributed by atoms with Gasteiger partial charge in [0.1, 0.15) is 23.9 Å². The Morgan fingerprint density at radius 3 is 2.13 bits per heavy atom. The molecule has 23 heavy (non-hydrogen) atoms. The Kier molecular flexibility index (Phi) is 5.58. The maximum absolute atomic E-state index is 9.57. The molecule has 6 heteroatoms. The summed E-state index contributed by atoms with van der Waals surface area (Å²) in [7, 11) is 0. The third-order valence-electron chi connectivity index (χ3n) is 3.83. The van der Waals surface area contributed by atoms with Crippen molar-refractivity contribution in [3.8, 4) is 18.2 Å². The van der Waals surface area contributed by atoms with Crippen LogP contribution in [0.3, 0.4) is 0 Å². The number of para-hydroxylation sites is 2. The molecule has 116 valence electrons. The number of rotatable bonds is 4. The van der Waals surface area contributed by atoms with E-state index in [9.17, 15) is 5.11 Å². The lowest BCUT2D eigenvalue weighted by Crippen LogP contribution is -2.28. The third kappa shape index (κ3) is 4.23. The topological polar surface area (TPSA) is 116 Å². The van der Waals surface area contributed by atoms with Gasteiger partial charge in [-0.3, -0.25) is 0 Å². The number of hydrogen-bond donors (Lipinski definition) is 3. The summed E-state index contributed by atoms with van der Waals surface area (Å²) < 4.78 is 0. The van der Waals surface area contributed by atoms with E-state index >= 15 is 0 Å². The third-order valence-corrected chi connectivity index (χ3v) is 3.83. The van der Waals surface area contributed by atoms with Crippen LogP contribution in [0.25, 0.3) is 0 Å². The number of aliphatic hydroxyl groups is 1. The number of anilines is 2. The first-order chi connectivity index (χ1) is 11.2. The van der Waals surface area contributed by atoms with E-state index in [0.717, 1.165) is 31.4 Å². The molecule has 0 bridgehead atoms. The van der Waals surface area contributed by atoms with Gasteiger partial charge in [-0.2, -0.15) is 15.8 Å². The quantitative estimate of drug-likeness (QED) is 0.736. The Bertz CT molecular complexity index is 696. The van der Waals surface area contributed by atoms with Crippen molar-refractivity contribution in [2.24, 2.45) is 0 Å². The molecule has 0 radical (unpaired) electrons. The first kappa shape index (κ1) is 16.4. The summed E-state index contributed by atoms with van der Waals surface area (Å²) in [5.74, 6) is 0. The molecular formula is C17H17N5O. The molecule has 0 spiro atoms. The smallest absolute Gasteiger partial charge is 0.163 e. The summed E-state index contributed by atoms with van der Waals surface area (Å²) in [6.45, 7) is 0. The van der Waals surface area contributed by atoms with Gasteiger partial charge in [0.15, 0.2) is 5.57 Å². The van der Waals surface area contributed by atoms with Crippen molar-refractivity contribution >= 4 is 11.4 Å². The molecular weight excluding hydrogens is 290 g/mol. The molecule has 1 aliphatic carbocycles. The van der Waals surface area contributed by atoms with Crippen LogP contribution in [0, 0.1) is 34.0 Å². The van der Waals surface area contributed by atoms with Gasteiger partial charge in [-0.15, -0.1) is 0 Å². The van der Waals surface area contributed by atoms with E-state index in [1.165, 1.54) is 0 Å². The van der Waals surface area contributed by atoms with Crippen LogP contribution in [0.15, 0.2) is 35.5 Å². The average molecular weight is 307 g/mol. The lowest BCUT2D eigenvalue weighted by atomic mass is 9.93. The largest absolute Gasteiger partial charge is 0.393 e. The first-order valence-corrected chi connectivity index (χ1v) is 7.43. The first-order valence-electron chi connectivity index (χ1n) is 7.43. The predicted molar refractivity (Wildman–Crippen MR) is 85.8 cm³/mol. The molecule has 1 aliphatic rings. The summed E-state index contributed by atoms with van der Waals surface area (Å²) in [5.41, 5.74) is 1.13. The van der Waals surface area contributed by atoms with E-state index < -0.39 is 0 Å². The van der Waals surface area contributed by atoms with Gasteiger partial charge in [0.2, 0.25) is 0 Å². The zero-order chi connectivity index (χ0) is 16.7. The average Bonchev–Trinajstić information content (AvgIpc) is 2.58. The van der Waals surface area contributed by atoms with Crippen LogP contribution in [0.2, 0.25) is 0 Å². The van der Waals surface area contributed by atoms with Crippen LogP contribution in [-0.4, -0.2) is 17.3 Å². The van der Waals surface area contributed by atoms with Crippen molar-refractivity contribution in [2.45, 2.75) is 37.8 Å². The molecule has 1 aromatic carbocycles. The van der Waals surface area contributed by atoms with Crippen molar-refractivity contribution in [2.75, 3.05) is 10.6 Å². The highest BCUT2D eigenvalue weighted by Crippen LogP contribution is 2.28. The SMILES string of the molecule is N#CC(C#N)=C(C#N)Nc1ccccc1NC1CCC(O)CC1. The highest BCUT2D eigenvalue weighted by molar-refractivity contribution is 5.73. The molecule has 0 atom stereocenters. The van der Waals surface area contributed by atoms with Crippen LogP contribution < -0.4 is 10.6 Å². The van der Waals surface area contributed by atoms with E-state index in [1.807, 2.05) is 24.3 Å². The minimum absolute atomic E-state index is 0.0664. The lowest BCUT2D eigenvalue weighted by Gasteiger charge is -2.28. The van der Waals surface area contributed by atoms with Gasteiger partial charge in [0.25, 0.3) is 0 Å². The number of allylic oxidation sites excluding steroid dienone is 2. The van der Waals surface area contributed by atoms with Crippen LogP contribution >= 0.6 is 0 Å². The molecule has 3 N–H and O–H groups in total. The fourth-order valence-electron chi connectivity index (χ4n) is 2.58. The Morgan fingerprint density at radius 1 is 0.957 bits per heavy atom. The fraction of sp³-hybridized carbons (Fsp3) is 0.353. The minimum Gasteiger partial charge on any atom is -0.393 e. The molecule has 1 fully saturated rings. The van der Waals surface area contributed by atoms with E-state index in [1.54, 1.807) is 18.2 Å². The zero-order valence-electron chi connectivity index (χ0n) is 12.6. The molecule has 1 aromatic rings. The highest BCUT2D eigenvalue weighted by atomic mass is 16.3. The van der Waals surface area contributed by atoms with Crippen LogP contribution in [0.5, 0.6) is 0 Å². The van der Waals surface area contributed by atoms with Crippen molar-refractivity contribution in [3.63, 3.8) is 0 Å². The molecule has 0 aliphatic heterocycles. The zero-order valence-corrected chi connectivity index (χ0v) is 12.6. The van der Waals surface area contributed by atoms with Crippen LogP contribution in [0.4, 0.5) is 11.4 Å². The second-order valence-electron chi connectivity index (χ2n) is 5.41. The molecule has 2 rings (SSSR count). The Labute approximate surface area is 135 Å². The summed E-state index contributed by atoms with van der Waals surface area (Å²) in [6, 6.07) is 12.9. The van der Waals surface area contributed by atoms with Crippen molar-refractivity contribution in [1.29, 1.82) is 15.8 Å². The standard InChI is InChI=1S/C17H17N5O/c18-9-12(10-19)17(11-20)22-16-4-2-1-3-15(16)21-13-5-7-14(23)8-6-13/h1-4,13-14,21-23H,5-8H2. The molecule has 0 amide bonds. The summed E-state index contributed by atoms with van der Waals surface area (Å²) in [5, 5.41) is 42.8. The Balaban J connectivity index is 2.18. The summed E-state index contributed by atoms with van der Waals surface area (Å²) >= 11 is 0. The van der Waals surface area contributed by atoms with E-state index in [-0.39, 0.29) is 23.4 Å². The van der Waals surface area contributed by atoms with E-state index in [0.29, 0.717) is 5.69 Å². The van der Waals surface area contributed by atoms with E-state index in [2.05, 4.69) is 10.6 Å². The number of nitriles is 3. The maximum atomic E-state index is 9.57. The van der Waals surface area contributed by atoms with Gasteiger partial charge in [-0.1, -0.05) is 12.1 Å². The predicted octanol–water partition coefficient (Wildman–Crippen LogP) is 2.64. The summed E-state index contributed by atoms with van der Waals surface area (Å²) in [6.07, 6.45) is 3.06. The molecule has 1 saturated carbocycles. The second-order valence-corrected chi connectivity index (χ2v) is 5.41. The van der Waals surface area contributed by atoms with E-state index in [4.69, 9.17) is 15.8 Å². The van der Waals surface area contributed by atoms with Crippen LogP contribution in [0.1, 0.15) is 25.7 Å². The normalized spacial score (nSPS) is 19.6. The molecule has 0 aromatic heterocycles. The van der Waals surface area contributed by atoms with Gasteiger partial charge in [0.05, 0.1) is 17.5 Å².